The van der Waals surface area contributed by atoms with Crippen LogP contribution in [0.1, 0.15) is 31.9 Å². The van der Waals surface area contributed by atoms with E-state index in [2.05, 4.69) is 15.6 Å². The third-order valence-corrected chi connectivity index (χ3v) is 4.36. The zero-order valence-corrected chi connectivity index (χ0v) is 18.9. The molecule has 0 aliphatic heterocycles. The van der Waals surface area contributed by atoms with Crippen LogP contribution in [0.15, 0.2) is 67.1 Å². The molecule has 7 nitrogen and oxygen atoms in total. The molecule has 32 heavy (non-hydrogen) atoms. The maximum Gasteiger partial charge on any atom is 0.412 e. The minimum atomic E-state index is -0.564. The number of amides is 2. The van der Waals surface area contributed by atoms with Gasteiger partial charge in [-0.05, 0) is 62.2 Å². The third kappa shape index (κ3) is 7.59. The van der Waals surface area contributed by atoms with Gasteiger partial charge in [0, 0.05) is 29.5 Å². The molecule has 0 fully saturated rings. The number of ether oxygens (including phenoxy) is 1. The Hall–Kier alpha value is -3.58. The molecule has 0 aliphatic carbocycles. The van der Waals surface area contributed by atoms with Crippen molar-refractivity contribution in [3.8, 4) is 0 Å². The minimum absolute atomic E-state index is 0.297. The number of carbonyl (C=O) groups excluding carboxylic acids is 2. The summed E-state index contributed by atoms with van der Waals surface area (Å²) in [5, 5.41) is 6.07. The number of nitrogens with one attached hydrogen (secondary N) is 2. The zero-order valence-electron chi connectivity index (χ0n) is 18.1. The second-order valence-electron chi connectivity index (χ2n) is 8.13. The van der Waals surface area contributed by atoms with Gasteiger partial charge in [0.15, 0.2) is 5.82 Å². The molecule has 1 aromatic heterocycles. The molecule has 0 radical (unpaired) electrons. The van der Waals surface area contributed by atoms with Crippen LogP contribution in [0, 0.1) is 0 Å². The molecule has 8 heteroatoms. The summed E-state index contributed by atoms with van der Waals surface area (Å²) in [6.45, 7) is 6.00. The van der Waals surface area contributed by atoms with E-state index in [4.69, 9.17) is 16.3 Å². The number of aromatic nitrogens is 2. The number of imidazole rings is 1. The molecular weight excluding hydrogens is 428 g/mol. The average Bonchev–Trinajstić information content (AvgIpc) is 3.12. The Kier molecular flexibility index (Phi) is 7.33. The summed E-state index contributed by atoms with van der Waals surface area (Å²) < 4.78 is 7.08. The van der Waals surface area contributed by atoms with E-state index in [0.717, 1.165) is 11.1 Å². The number of carbonyl (C=O) groups is 2. The number of nitrogens with zero attached hydrogens (tertiary/aromatic N) is 2. The van der Waals surface area contributed by atoms with Gasteiger partial charge in [0.25, 0.3) is 0 Å². The van der Waals surface area contributed by atoms with E-state index >= 15 is 0 Å². The Bertz CT molecular complexity index is 1110. The van der Waals surface area contributed by atoms with E-state index in [-0.39, 0.29) is 5.91 Å². The van der Waals surface area contributed by atoms with Crippen molar-refractivity contribution in [1.82, 2.24) is 9.55 Å². The van der Waals surface area contributed by atoms with Crippen molar-refractivity contribution in [2.24, 2.45) is 0 Å². The average molecular weight is 453 g/mol. The molecule has 0 saturated carbocycles. The molecule has 2 amide bonds. The van der Waals surface area contributed by atoms with Crippen LogP contribution in [0.3, 0.4) is 0 Å². The summed E-state index contributed by atoms with van der Waals surface area (Å²) >= 11 is 6.01. The first-order chi connectivity index (χ1) is 15.2. The van der Waals surface area contributed by atoms with Crippen LogP contribution in [0.25, 0.3) is 6.08 Å². The summed E-state index contributed by atoms with van der Waals surface area (Å²) in [4.78, 5) is 28.2. The van der Waals surface area contributed by atoms with Crippen molar-refractivity contribution in [3.05, 3.63) is 83.3 Å². The normalized spacial score (nSPS) is 11.4. The fourth-order valence-corrected chi connectivity index (χ4v) is 3.01. The van der Waals surface area contributed by atoms with E-state index in [1.807, 2.05) is 28.8 Å². The molecule has 0 bridgehead atoms. The zero-order chi connectivity index (χ0) is 23.1. The second-order valence-corrected chi connectivity index (χ2v) is 8.57. The van der Waals surface area contributed by atoms with Crippen LogP contribution in [-0.4, -0.2) is 27.2 Å². The largest absolute Gasteiger partial charge is 0.444 e. The Labute approximate surface area is 192 Å². The fraction of sp³-hybridized carbons (Fsp3) is 0.208. The lowest BCUT2D eigenvalue weighted by molar-refractivity contribution is -0.111. The van der Waals surface area contributed by atoms with Gasteiger partial charge in [0.05, 0.1) is 6.33 Å². The molecule has 2 aromatic carbocycles. The second kappa shape index (κ2) is 10.2. The number of benzene rings is 2. The number of hydrogen-bond donors (Lipinski definition) is 2. The van der Waals surface area contributed by atoms with E-state index in [1.54, 1.807) is 63.6 Å². The highest BCUT2D eigenvalue weighted by molar-refractivity contribution is 6.30. The maximum atomic E-state index is 12.2. The lowest BCUT2D eigenvalue weighted by Crippen LogP contribution is -2.27. The van der Waals surface area contributed by atoms with Crippen molar-refractivity contribution < 1.29 is 14.3 Å². The lowest BCUT2D eigenvalue weighted by Gasteiger charge is -2.19. The SMILES string of the molecule is CC(C)(C)OC(=O)Nc1ccc(/C=C/C(=O)Nc2cn(Cc3cccc(Cl)c3)cn2)cc1. The molecule has 1 heterocycles. The molecule has 166 valence electrons. The highest BCUT2D eigenvalue weighted by atomic mass is 35.5. The van der Waals surface area contributed by atoms with E-state index in [1.165, 1.54) is 6.08 Å². The first-order valence-electron chi connectivity index (χ1n) is 10.0. The van der Waals surface area contributed by atoms with Crippen molar-refractivity contribution in [2.45, 2.75) is 32.9 Å². The van der Waals surface area contributed by atoms with Gasteiger partial charge in [0.2, 0.25) is 5.91 Å². The summed E-state index contributed by atoms with van der Waals surface area (Å²) in [5.74, 6) is 0.160. The van der Waals surface area contributed by atoms with E-state index in [9.17, 15) is 9.59 Å². The summed E-state index contributed by atoms with van der Waals surface area (Å²) in [6.07, 6.45) is 5.98. The van der Waals surface area contributed by atoms with Gasteiger partial charge in [-0.25, -0.2) is 9.78 Å². The molecule has 0 unspecified atom stereocenters. The standard InChI is InChI=1S/C24H25ClN4O3/c1-24(2,3)32-23(31)27-20-10-7-17(8-11-20)9-12-22(30)28-21-15-29(16-26-21)14-18-5-4-6-19(25)13-18/h4-13,15-16H,14H2,1-3H3,(H,27,31)(H,28,30)/b12-9+. The van der Waals surface area contributed by atoms with Crippen molar-refractivity contribution in [2.75, 3.05) is 10.6 Å². The van der Waals surface area contributed by atoms with Crippen LogP contribution in [0.2, 0.25) is 5.02 Å². The quantitative estimate of drug-likeness (QED) is 0.478. The van der Waals surface area contributed by atoms with Gasteiger partial charge in [-0.2, -0.15) is 0 Å². The highest BCUT2D eigenvalue weighted by Crippen LogP contribution is 2.15. The number of hydrogen-bond acceptors (Lipinski definition) is 4. The van der Waals surface area contributed by atoms with Gasteiger partial charge >= 0.3 is 6.09 Å². The monoisotopic (exact) mass is 452 g/mol. The molecule has 3 rings (SSSR count). The van der Waals surface area contributed by atoms with Crippen molar-refractivity contribution in [1.29, 1.82) is 0 Å². The van der Waals surface area contributed by atoms with E-state index < -0.39 is 11.7 Å². The summed E-state index contributed by atoms with van der Waals surface area (Å²) in [5.41, 5.74) is 1.88. The number of halogens is 1. The Morgan fingerprint density at radius 1 is 1.12 bits per heavy atom. The van der Waals surface area contributed by atoms with Crippen LogP contribution in [0.4, 0.5) is 16.3 Å². The van der Waals surface area contributed by atoms with Gasteiger partial charge < -0.3 is 14.6 Å². The number of anilines is 2. The van der Waals surface area contributed by atoms with Crippen molar-refractivity contribution >= 4 is 41.2 Å². The van der Waals surface area contributed by atoms with Crippen LogP contribution in [-0.2, 0) is 16.1 Å². The Morgan fingerprint density at radius 3 is 2.56 bits per heavy atom. The molecule has 3 aromatic rings. The van der Waals surface area contributed by atoms with Gasteiger partial charge in [-0.1, -0.05) is 35.9 Å². The lowest BCUT2D eigenvalue weighted by atomic mass is 10.2. The van der Waals surface area contributed by atoms with Gasteiger partial charge in [-0.3, -0.25) is 10.1 Å². The smallest absolute Gasteiger partial charge is 0.412 e. The maximum absolute atomic E-state index is 12.2. The third-order valence-electron chi connectivity index (χ3n) is 4.12. The van der Waals surface area contributed by atoms with Crippen LogP contribution >= 0.6 is 11.6 Å². The Balaban J connectivity index is 1.51. The van der Waals surface area contributed by atoms with Gasteiger partial charge in [-0.15, -0.1) is 0 Å². The first kappa shape index (κ1) is 23.1. The van der Waals surface area contributed by atoms with Crippen molar-refractivity contribution in [3.63, 3.8) is 0 Å². The minimum Gasteiger partial charge on any atom is -0.444 e. The summed E-state index contributed by atoms with van der Waals surface area (Å²) in [7, 11) is 0. The predicted molar refractivity (Wildman–Crippen MR) is 127 cm³/mol. The summed E-state index contributed by atoms with van der Waals surface area (Å²) in [6, 6.07) is 14.6. The predicted octanol–water partition coefficient (Wildman–Crippen LogP) is 5.58. The van der Waals surface area contributed by atoms with Crippen LogP contribution in [0.5, 0.6) is 0 Å². The molecular formula is C24H25ClN4O3. The molecule has 0 aliphatic rings. The highest BCUT2D eigenvalue weighted by Gasteiger charge is 2.16. The van der Waals surface area contributed by atoms with Crippen LogP contribution < -0.4 is 10.6 Å². The number of rotatable bonds is 6. The van der Waals surface area contributed by atoms with Gasteiger partial charge in [0.1, 0.15) is 5.60 Å². The topological polar surface area (TPSA) is 85.2 Å². The fourth-order valence-electron chi connectivity index (χ4n) is 2.80. The molecule has 0 spiro atoms. The molecule has 0 saturated heterocycles. The van der Waals surface area contributed by atoms with E-state index in [0.29, 0.717) is 23.1 Å². The molecule has 2 N–H and O–H groups in total. The molecule has 0 atom stereocenters. The first-order valence-corrected chi connectivity index (χ1v) is 10.4. The Morgan fingerprint density at radius 2 is 1.88 bits per heavy atom.